The zero-order valence-corrected chi connectivity index (χ0v) is 14.3. The first-order valence-corrected chi connectivity index (χ1v) is 8.28. The summed E-state index contributed by atoms with van der Waals surface area (Å²) in [6.07, 6.45) is 3.00. The lowest BCUT2D eigenvalue weighted by Crippen LogP contribution is -2.12. The molecule has 0 aliphatic carbocycles. The largest absolute Gasteiger partial charge is 0.333 e. The van der Waals surface area contributed by atoms with Crippen molar-refractivity contribution in [1.29, 1.82) is 0 Å². The third-order valence-corrected chi connectivity index (χ3v) is 3.70. The molecule has 0 atom stereocenters. The number of carbonyl (C=O) groups is 1. The third-order valence-electron chi connectivity index (χ3n) is 3.70. The minimum atomic E-state index is -0.0226. The van der Waals surface area contributed by atoms with Gasteiger partial charge in [0.15, 0.2) is 0 Å². The summed E-state index contributed by atoms with van der Waals surface area (Å²) < 4.78 is 5.37. The first-order chi connectivity index (χ1) is 12.1. The second kappa shape index (κ2) is 7.70. The van der Waals surface area contributed by atoms with E-state index in [1.54, 1.807) is 6.20 Å². The van der Waals surface area contributed by atoms with Crippen molar-refractivity contribution in [3.05, 3.63) is 48.7 Å². The molecular weight excluding hydrogens is 316 g/mol. The fraction of sp³-hybridized carbons (Fsp3) is 0.263. The van der Waals surface area contributed by atoms with Crippen LogP contribution in [-0.4, -0.2) is 21.0 Å². The summed E-state index contributed by atoms with van der Waals surface area (Å²) >= 11 is 0. The highest BCUT2D eigenvalue weighted by Crippen LogP contribution is 2.28. The van der Waals surface area contributed by atoms with E-state index >= 15 is 0 Å². The Labute approximate surface area is 146 Å². The number of pyridine rings is 1. The van der Waals surface area contributed by atoms with Crippen LogP contribution in [0.25, 0.3) is 23.0 Å². The van der Waals surface area contributed by atoms with E-state index in [2.05, 4.69) is 34.3 Å². The van der Waals surface area contributed by atoms with E-state index < -0.39 is 0 Å². The number of amides is 1. The lowest BCUT2D eigenvalue weighted by atomic mass is 10.1. The van der Waals surface area contributed by atoms with E-state index in [-0.39, 0.29) is 5.91 Å². The van der Waals surface area contributed by atoms with Crippen molar-refractivity contribution in [3.63, 3.8) is 0 Å². The summed E-state index contributed by atoms with van der Waals surface area (Å²) in [7, 11) is 0. The van der Waals surface area contributed by atoms with Gasteiger partial charge >= 0.3 is 0 Å². The Morgan fingerprint density at radius 2 is 1.96 bits per heavy atom. The predicted molar refractivity (Wildman–Crippen MR) is 95.7 cm³/mol. The van der Waals surface area contributed by atoms with Gasteiger partial charge in [0.05, 0.1) is 11.3 Å². The number of nitrogens with one attached hydrogen (secondary N) is 1. The number of hydrogen-bond donors (Lipinski definition) is 1. The monoisotopic (exact) mass is 336 g/mol. The third kappa shape index (κ3) is 4.29. The van der Waals surface area contributed by atoms with Gasteiger partial charge in [-0.05, 0) is 36.6 Å². The molecule has 25 heavy (non-hydrogen) atoms. The number of hydrogen-bond acceptors (Lipinski definition) is 5. The van der Waals surface area contributed by atoms with E-state index in [1.807, 2.05) is 42.5 Å². The summed E-state index contributed by atoms with van der Waals surface area (Å²) in [5.41, 5.74) is 1.98. The molecule has 0 spiro atoms. The molecular formula is C19H20N4O2. The molecule has 0 bridgehead atoms. The van der Waals surface area contributed by atoms with Gasteiger partial charge < -0.3 is 9.84 Å². The van der Waals surface area contributed by atoms with Gasteiger partial charge in [-0.3, -0.25) is 9.78 Å². The van der Waals surface area contributed by atoms with Crippen LogP contribution in [0.4, 0.5) is 5.69 Å². The Morgan fingerprint density at radius 1 is 1.16 bits per heavy atom. The lowest BCUT2D eigenvalue weighted by Gasteiger charge is -2.09. The average Bonchev–Trinajstić information content (AvgIpc) is 3.11. The molecule has 128 valence electrons. The molecule has 3 aromatic rings. The van der Waals surface area contributed by atoms with Crippen LogP contribution in [0, 0.1) is 5.92 Å². The minimum absolute atomic E-state index is 0.0226. The van der Waals surface area contributed by atoms with Crippen molar-refractivity contribution in [2.24, 2.45) is 5.92 Å². The summed E-state index contributed by atoms with van der Waals surface area (Å²) in [6, 6.07) is 12.9. The fourth-order valence-corrected chi connectivity index (χ4v) is 2.34. The van der Waals surface area contributed by atoms with Gasteiger partial charge in [-0.25, -0.2) is 0 Å². The molecule has 0 aliphatic rings. The minimum Gasteiger partial charge on any atom is -0.333 e. The Morgan fingerprint density at radius 3 is 2.72 bits per heavy atom. The van der Waals surface area contributed by atoms with Crippen LogP contribution in [0.15, 0.2) is 53.2 Å². The molecule has 0 aliphatic heterocycles. The molecule has 1 amide bonds. The van der Waals surface area contributed by atoms with Crippen LogP contribution < -0.4 is 5.32 Å². The van der Waals surface area contributed by atoms with Crippen LogP contribution in [0.2, 0.25) is 0 Å². The molecule has 6 nitrogen and oxygen atoms in total. The summed E-state index contributed by atoms with van der Waals surface area (Å²) in [5.74, 6) is 1.22. The topological polar surface area (TPSA) is 80.9 Å². The maximum absolute atomic E-state index is 12.1. The Kier molecular flexibility index (Phi) is 5.18. The molecule has 0 unspecified atom stereocenters. The van der Waals surface area contributed by atoms with Crippen molar-refractivity contribution in [1.82, 2.24) is 15.1 Å². The van der Waals surface area contributed by atoms with Gasteiger partial charge in [-0.2, -0.15) is 4.98 Å². The van der Waals surface area contributed by atoms with Crippen LogP contribution in [-0.2, 0) is 4.79 Å². The fourth-order valence-electron chi connectivity index (χ4n) is 2.34. The van der Waals surface area contributed by atoms with E-state index in [4.69, 9.17) is 4.52 Å². The van der Waals surface area contributed by atoms with Gasteiger partial charge in [0.1, 0.15) is 5.69 Å². The summed E-state index contributed by atoms with van der Waals surface area (Å²) in [5, 5.41) is 6.91. The summed E-state index contributed by atoms with van der Waals surface area (Å²) in [6.45, 7) is 4.19. The van der Waals surface area contributed by atoms with Crippen LogP contribution in [0.1, 0.15) is 26.7 Å². The quantitative estimate of drug-likeness (QED) is 0.730. The Balaban J connectivity index is 1.82. The van der Waals surface area contributed by atoms with Gasteiger partial charge in [0.25, 0.3) is 5.89 Å². The van der Waals surface area contributed by atoms with Crippen LogP contribution in [0.3, 0.4) is 0 Å². The molecule has 1 N–H and O–H groups in total. The predicted octanol–water partition coefficient (Wildman–Crippen LogP) is 4.17. The maximum Gasteiger partial charge on any atom is 0.260 e. The van der Waals surface area contributed by atoms with E-state index in [0.29, 0.717) is 41.0 Å². The number of rotatable bonds is 6. The van der Waals surface area contributed by atoms with Crippen molar-refractivity contribution in [2.45, 2.75) is 26.7 Å². The molecule has 6 heteroatoms. The second-order valence-corrected chi connectivity index (χ2v) is 6.16. The number of benzene rings is 1. The highest BCUT2D eigenvalue weighted by molar-refractivity contribution is 5.94. The summed E-state index contributed by atoms with van der Waals surface area (Å²) in [4.78, 5) is 20.8. The molecule has 0 radical (unpaired) electrons. The molecule has 1 aromatic carbocycles. The zero-order valence-electron chi connectivity index (χ0n) is 14.3. The second-order valence-electron chi connectivity index (χ2n) is 6.16. The number of carbonyl (C=O) groups excluding carboxylic acids is 1. The standard InChI is InChI=1S/C19H20N4O2/c1-13(2)10-11-17(24)21-15-8-4-3-7-14(15)19-22-18(23-25-19)16-9-5-6-12-20-16/h3-9,12-13H,10-11H2,1-2H3,(H,21,24). The Bertz CT molecular complexity index is 843. The highest BCUT2D eigenvalue weighted by Gasteiger charge is 2.15. The van der Waals surface area contributed by atoms with Gasteiger partial charge in [0.2, 0.25) is 11.7 Å². The number of anilines is 1. The number of aromatic nitrogens is 3. The first kappa shape index (κ1) is 16.8. The lowest BCUT2D eigenvalue weighted by molar-refractivity contribution is -0.116. The normalized spacial score (nSPS) is 10.8. The smallest absolute Gasteiger partial charge is 0.260 e. The molecule has 0 saturated heterocycles. The van der Waals surface area contributed by atoms with E-state index in [9.17, 15) is 4.79 Å². The van der Waals surface area contributed by atoms with Crippen molar-refractivity contribution in [2.75, 3.05) is 5.32 Å². The molecule has 0 fully saturated rings. The Hall–Kier alpha value is -3.02. The highest BCUT2D eigenvalue weighted by atomic mass is 16.5. The van der Waals surface area contributed by atoms with Gasteiger partial charge in [0, 0.05) is 12.6 Å². The van der Waals surface area contributed by atoms with Crippen molar-refractivity contribution < 1.29 is 9.32 Å². The molecule has 3 rings (SSSR count). The van der Waals surface area contributed by atoms with Crippen LogP contribution in [0.5, 0.6) is 0 Å². The number of nitrogens with zero attached hydrogens (tertiary/aromatic N) is 3. The molecule has 2 aromatic heterocycles. The zero-order chi connectivity index (χ0) is 17.6. The van der Waals surface area contributed by atoms with Crippen LogP contribution >= 0.6 is 0 Å². The molecule has 0 saturated carbocycles. The first-order valence-electron chi connectivity index (χ1n) is 8.28. The van der Waals surface area contributed by atoms with Crippen molar-refractivity contribution >= 4 is 11.6 Å². The van der Waals surface area contributed by atoms with Crippen molar-refractivity contribution in [3.8, 4) is 23.0 Å². The SMILES string of the molecule is CC(C)CCC(=O)Nc1ccccc1-c1nc(-c2ccccn2)no1. The maximum atomic E-state index is 12.1. The van der Waals surface area contributed by atoms with E-state index in [1.165, 1.54) is 0 Å². The average molecular weight is 336 g/mol. The van der Waals surface area contributed by atoms with Gasteiger partial charge in [-0.1, -0.05) is 37.2 Å². The van der Waals surface area contributed by atoms with E-state index in [0.717, 1.165) is 6.42 Å². The molecule has 2 heterocycles. The van der Waals surface area contributed by atoms with Gasteiger partial charge in [-0.15, -0.1) is 0 Å². The number of para-hydroxylation sites is 1.